The topological polar surface area (TPSA) is 32.3 Å². The first-order valence-corrected chi connectivity index (χ1v) is 7.08. The summed E-state index contributed by atoms with van der Waals surface area (Å²) in [6, 6.07) is 5.43. The van der Waals surface area contributed by atoms with E-state index in [1.165, 1.54) is 0 Å². The highest BCUT2D eigenvalue weighted by Crippen LogP contribution is 2.26. The first kappa shape index (κ1) is 13.7. The fraction of sp³-hybridized carbons (Fsp3) is 0.500. The van der Waals surface area contributed by atoms with Crippen molar-refractivity contribution >= 4 is 23.4 Å². The average molecular weight is 260 g/mol. The summed E-state index contributed by atoms with van der Waals surface area (Å²) in [5.74, 6) is 1.97. The Bertz CT molecular complexity index is 333. The normalized spacial score (nSPS) is 12.7. The highest BCUT2D eigenvalue weighted by molar-refractivity contribution is 7.98. The van der Waals surface area contributed by atoms with E-state index in [2.05, 4.69) is 18.5 Å². The van der Waals surface area contributed by atoms with Gasteiger partial charge in [-0.05, 0) is 30.5 Å². The molecule has 1 aromatic carbocycles. The molecule has 0 aromatic heterocycles. The van der Waals surface area contributed by atoms with Crippen LogP contribution in [0.4, 0.5) is 0 Å². The van der Waals surface area contributed by atoms with Gasteiger partial charge in [0, 0.05) is 12.1 Å². The molecule has 1 rings (SSSR count). The van der Waals surface area contributed by atoms with Gasteiger partial charge in [0.2, 0.25) is 0 Å². The molecule has 0 fully saturated rings. The second kappa shape index (κ2) is 7.05. The third kappa shape index (κ3) is 4.24. The molecule has 1 atom stereocenters. The number of hydrogen-bond donors (Lipinski definition) is 2. The van der Waals surface area contributed by atoms with Gasteiger partial charge in [0.05, 0.1) is 5.02 Å². The number of nitrogens with one attached hydrogen (secondary N) is 1. The molecule has 0 aliphatic heterocycles. The van der Waals surface area contributed by atoms with E-state index >= 15 is 0 Å². The zero-order valence-electron chi connectivity index (χ0n) is 9.66. The van der Waals surface area contributed by atoms with Gasteiger partial charge in [0.15, 0.2) is 0 Å². The molecular formula is C12H18ClNOS. The van der Waals surface area contributed by atoms with Crippen LogP contribution in [0.3, 0.4) is 0 Å². The lowest BCUT2D eigenvalue weighted by atomic mass is 10.2. The highest BCUT2D eigenvalue weighted by atomic mass is 35.5. The van der Waals surface area contributed by atoms with E-state index in [4.69, 9.17) is 11.6 Å². The molecule has 0 bridgehead atoms. The third-order valence-electron chi connectivity index (χ3n) is 2.33. The summed E-state index contributed by atoms with van der Waals surface area (Å²) in [4.78, 5) is 0. The van der Waals surface area contributed by atoms with Gasteiger partial charge in [-0.25, -0.2) is 0 Å². The Hall–Kier alpha value is -0.380. The number of aromatic hydroxyl groups is 1. The Labute approximate surface area is 106 Å². The van der Waals surface area contributed by atoms with Gasteiger partial charge in [0.1, 0.15) is 5.75 Å². The fourth-order valence-electron chi connectivity index (χ4n) is 1.50. The van der Waals surface area contributed by atoms with Crippen molar-refractivity contribution < 1.29 is 5.11 Å². The molecule has 4 heteroatoms. The first-order valence-electron chi connectivity index (χ1n) is 5.31. The van der Waals surface area contributed by atoms with E-state index in [1.807, 2.05) is 23.9 Å². The molecule has 2 N–H and O–H groups in total. The summed E-state index contributed by atoms with van der Waals surface area (Å²) in [6.07, 6.45) is 2.11. The van der Waals surface area contributed by atoms with Gasteiger partial charge in [-0.3, -0.25) is 0 Å². The summed E-state index contributed by atoms with van der Waals surface area (Å²) >= 11 is 7.67. The van der Waals surface area contributed by atoms with Crippen LogP contribution in [0, 0.1) is 5.92 Å². The van der Waals surface area contributed by atoms with Crippen LogP contribution in [-0.4, -0.2) is 23.7 Å². The molecule has 0 saturated carbocycles. The quantitative estimate of drug-likeness (QED) is 0.823. The van der Waals surface area contributed by atoms with Crippen LogP contribution in [0.25, 0.3) is 0 Å². The maximum atomic E-state index is 9.69. The molecule has 0 radical (unpaired) electrons. The summed E-state index contributed by atoms with van der Waals surface area (Å²) in [5.41, 5.74) is 0.851. The van der Waals surface area contributed by atoms with E-state index in [0.717, 1.165) is 17.9 Å². The van der Waals surface area contributed by atoms with Crippen LogP contribution < -0.4 is 5.32 Å². The van der Waals surface area contributed by atoms with Crippen molar-refractivity contribution in [2.24, 2.45) is 5.92 Å². The summed E-state index contributed by atoms with van der Waals surface area (Å²) in [6.45, 7) is 3.82. The Balaban J connectivity index is 2.40. The molecule has 2 nitrogen and oxygen atoms in total. The predicted octanol–water partition coefficient (Wildman–Crippen LogP) is 3.13. The van der Waals surface area contributed by atoms with Crippen LogP contribution in [0.5, 0.6) is 5.75 Å². The molecule has 1 unspecified atom stereocenters. The van der Waals surface area contributed by atoms with Crippen LogP contribution in [-0.2, 0) is 6.54 Å². The molecule has 0 amide bonds. The molecule has 0 aliphatic carbocycles. The van der Waals surface area contributed by atoms with Crippen LogP contribution in [0.15, 0.2) is 18.2 Å². The number of hydrogen-bond acceptors (Lipinski definition) is 3. The van der Waals surface area contributed by atoms with Crippen molar-refractivity contribution in [1.82, 2.24) is 5.32 Å². The number of phenols is 1. The standard InChI is InChI=1S/C12H18ClNOS/c1-9(8-16-2)6-14-7-10-4-3-5-11(13)12(10)15/h3-5,9,14-15H,6-8H2,1-2H3. The minimum absolute atomic E-state index is 0.189. The van der Waals surface area contributed by atoms with E-state index in [9.17, 15) is 5.11 Å². The van der Waals surface area contributed by atoms with Gasteiger partial charge in [0.25, 0.3) is 0 Å². The Morgan fingerprint density at radius 1 is 1.50 bits per heavy atom. The lowest BCUT2D eigenvalue weighted by Crippen LogP contribution is -2.22. The Morgan fingerprint density at radius 2 is 2.25 bits per heavy atom. The maximum Gasteiger partial charge on any atom is 0.138 e. The number of rotatable bonds is 6. The summed E-state index contributed by atoms with van der Waals surface area (Å²) in [5, 5.41) is 13.4. The fourth-order valence-corrected chi connectivity index (χ4v) is 2.38. The molecule has 0 saturated heterocycles. The molecule has 90 valence electrons. The lowest BCUT2D eigenvalue weighted by molar-refractivity contribution is 0.461. The largest absolute Gasteiger partial charge is 0.506 e. The van der Waals surface area contributed by atoms with E-state index in [-0.39, 0.29) is 5.75 Å². The third-order valence-corrected chi connectivity index (χ3v) is 3.54. The maximum absolute atomic E-state index is 9.69. The SMILES string of the molecule is CSCC(C)CNCc1cccc(Cl)c1O. The van der Waals surface area contributed by atoms with Gasteiger partial charge in [-0.15, -0.1) is 0 Å². The van der Waals surface area contributed by atoms with E-state index in [1.54, 1.807) is 6.07 Å². The van der Waals surface area contributed by atoms with Crippen molar-refractivity contribution in [3.05, 3.63) is 28.8 Å². The van der Waals surface area contributed by atoms with Crippen LogP contribution in [0.1, 0.15) is 12.5 Å². The van der Waals surface area contributed by atoms with Crippen molar-refractivity contribution in [1.29, 1.82) is 0 Å². The zero-order chi connectivity index (χ0) is 12.0. The lowest BCUT2D eigenvalue weighted by Gasteiger charge is -2.12. The number of benzene rings is 1. The van der Waals surface area contributed by atoms with Crippen molar-refractivity contribution in [3.63, 3.8) is 0 Å². The smallest absolute Gasteiger partial charge is 0.138 e. The van der Waals surface area contributed by atoms with E-state index < -0.39 is 0 Å². The van der Waals surface area contributed by atoms with Crippen LogP contribution in [0.2, 0.25) is 5.02 Å². The molecule has 0 spiro atoms. The zero-order valence-corrected chi connectivity index (χ0v) is 11.2. The van der Waals surface area contributed by atoms with Crippen molar-refractivity contribution in [2.45, 2.75) is 13.5 Å². The molecule has 0 aliphatic rings. The number of halogens is 1. The van der Waals surface area contributed by atoms with Gasteiger partial charge >= 0.3 is 0 Å². The molecule has 1 aromatic rings. The van der Waals surface area contributed by atoms with Gasteiger partial charge < -0.3 is 10.4 Å². The van der Waals surface area contributed by atoms with Gasteiger partial charge in [-0.2, -0.15) is 11.8 Å². The van der Waals surface area contributed by atoms with E-state index in [0.29, 0.717) is 17.5 Å². The minimum Gasteiger partial charge on any atom is -0.506 e. The van der Waals surface area contributed by atoms with Crippen LogP contribution >= 0.6 is 23.4 Å². The van der Waals surface area contributed by atoms with Crippen molar-refractivity contribution in [2.75, 3.05) is 18.6 Å². The summed E-state index contributed by atoms with van der Waals surface area (Å²) in [7, 11) is 0. The number of para-hydroxylation sites is 1. The molecule has 0 heterocycles. The predicted molar refractivity (Wildman–Crippen MR) is 72.4 cm³/mol. The molecule has 16 heavy (non-hydrogen) atoms. The number of thioether (sulfide) groups is 1. The Morgan fingerprint density at radius 3 is 2.94 bits per heavy atom. The highest BCUT2D eigenvalue weighted by Gasteiger charge is 2.05. The minimum atomic E-state index is 0.189. The molecular weight excluding hydrogens is 242 g/mol. The van der Waals surface area contributed by atoms with Crippen molar-refractivity contribution in [3.8, 4) is 5.75 Å². The first-order chi connectivity index (χ1) is 7.65. The number of phenolic OH excluding ortho intramolecular Hbond substituents is 1. The monoisotopic (exact) mass is 259 g/mol. The van der Waals surface area contributed by atoms with Gasteiger partial charge in [-0.1, -0.05) is 30.7 Å². The Kier molecular flexibility index (Phi) is 6.03. The second-order valence-electron chi connectivity index (χ2n) is 3.94. The summed E-state index contributed by atoms with van der Waals surface area (Å²) < 4.78 is 0. The second-order valence-corrected chi connectivity index (χ2v) is 5.26. The average Bonchev–Trinajstić information content (AvgIpc) is 2.25.